The van der Waals surface area contributed by atoms with Crippen LogP contribution < -0.4 is 5.32 Å². The summed E-state index contributed by atoms with van der Waals surface area (Å²) in [5.41, 5.74) is 5.17. The molecule has 0 unspecified atom stereocenters. The Hall–Kier alpha value is -1.90. The van der Waals surface area contributed by atoms with Gasteiger partial charge in [0.2, 0.25) is 0 Å². The normalized spacial score (nSPS) is 13.4. The third kappa shape index (κ3) is 2.33. The fraction of sp³-hybridized carbons (Fsp3) is 0.375. The standard InChI is InChI=1S/C16H19N3/c1-11-6-3-4-7-12(11)10-15-18-14-9-5-8-13(14)16(17-2)19-15/h3-4,6-7H,5,8-10H2,1-2H3,(H,17,18,19). The lowest BCUT2D eigenvalue weighted by molar-refractivity contribution is 0.884. The quantitative estimate of drug-likeness (QED) is 0.914. The van der Waals surface area contributed by atoms with Crippen LogP contribution in [0.3, 0.4) is 0 Å². The summed E-state index contributed by atoms with van der Waals surface area (Å²) in [5.74, 6) is 1.95. The lowest BCUT2D eigenvalue weighted by Gasteiger charge is -2.10. The van der Waals surface area contributed by atoms with E-state index < -0.39 is 0 Å². The maximum Gasteiger partial charge on any atom is 0.135 e. The van der Waals surface area contributed by atoms with Crippen molar-refractivity contribution in [3.63, 3.8) is 0 Å². The Labute approximate surface area is 114 Å². The van der Waals surface area contributed by atoms with Gasteiger partial charge >= 0.3 is 0 Å². The summed E-state index contributed by atoms with van der Waals surface area (Å²) in [7, 11) is 1.94. The molecule has 0 spiro atoms. The molecular weight excluding hydrogens is 234 g/mol. The largest absolute Gasteiger partial charge is 0.373 e. The van der Waals surface area contributed by atoms with E-state index in [4.69, 9.17) is 4.98 Å². The molecule has 1 N–H and O–H groups in total. The molecule has 1 aliphatic carbocycles. The highest BCUT2D eigenvalue weighted by atomic mass is 15.0. The van der Waals surface area contributed by atoms with Crippen LogP contribution in [0.5, 0.6) is 0 Å². The average molecular weight is 253 g/mol. The van der Waals surface area contributed by atoms with Crippen molar-refractivity contribution in [3.8, 4) is 0 Å². The Kier molecular flexibility index (Phi) is 3.20. The molecule has 3 rings (SSSR count). The van der Waals surface area contributed by atoms with Gasteiger partial charge in [-0.25, -0.2) is 9.97 Å². The van der Waals surface area contributed by atoms with Gasteiger partial charge in [0.15, 0.2) is 0 Å². The van der Waals surface area contributed by atoms with E-state index in [9.17, 15) is 0 Å². The molecule has 0 atom stereocenters. The van der Waals surface area contributed by atoms with E-state index in [0.29, 0.717) is 0 Å². The summed E-state index contributed by atoms with van der Waals surface area (Å²) in [4.78, 5) is 9.42. The van der Waals surface area contributed by atoms with Gasteiger partial charge in [-0.3, -0.25) is 0 Å². The highest BCUT2D eigenvalue weighted by Crippen LogP contribution is 2.26. The van der Waals surface area contributed by atoms with Crippen molar-refractivity contribution in [2.24, 2.45) is 0 Å². The van der Waals surface area contributed by atoms with Crippen molar-refractivity contribution in [1.29, 1.82) is 0 Å². The molecule has 1 aliphatic rings. The Bertz CT molecular complexity index is 605. The predicted molar refractivity (Wildman–Crippen MR) is 77.6 cm³/mol. The van der Waals surface area contributed by atoms with Crippen molar-refractivity contribution < 1.29 is 0 Å². The second-order valence-electron chi connectivity index (χ2n) is 5.12. The van der Waals surface area contributed by atoms with E-state index in [1.807, 2.05) is 7.05 Å². The Balaban J connectivity index is 1.96. The number of aryl methyl sites for hydroxylation is 2. The van der Waals surface area contributed by atoms with Crippen LogP contribution in [-0.2, 0) is 19.3 Å². The van der Waals surface area contributed by atoms with Crippen LogP contribution in [0.2, 0.25) is 0 Å². The molecular formula is C16H19N3. The fourth-order valence-corrected chi connectivity index (χ4v) is 2.75. The first kappa shape index (κ1) is 12.2. The van der Waals surface area contributed by atoms with E-state index in [2.05, 4.69) is 41.5 Å². The summed E-state index contributed by atoms with van der Waals surface area (Å²) in [6.07, 6.45) is 4.21. The number of rotatable bonds is 3. The summed E-state index contributed by atoms with van der Waals surface area (Å²) in [6, 6.07) is 8.45. The minimum Gasteiger partial charge on any atom is -0.373 e. The second kappa shape index (κ2) is 5.00. The number of benzene rings is 1. The number of anilines is 1. The molecule has 1 heterocycles. The third-order valence-electron chi connectivity index (χ3n) is 3.83. The zero-order chi connectivity index (χ0) is 13.2. The zero-order valence-corrected chi connectivity index (χ0v) is 11.5. The van der Waals surface area contributed by atoms with Gasteiger partial charge in [0, 0.05) is 24.7 Å². The predicted octanol–water partition coefficient (Wildman–Crippen LogP) is 2.91. The molecule has 0 saturated carbocycles. The maximum absolute atomic E-state index is 4.75. The van der Waals surface area contributed by atoms with Crippen molar-refractivity contribution in [2.75, 3.05) is 12.4 Å². The van der Waals surface area contributed by atoms with Crippen LogP contribution in [0.15, 0.2) is 24.3 Å². The number of hydrogen-bond donors (Lipinski definition) is 1. The van der Waals surface area contributed by atoms with Crippen molar-refractivity contribution in [3.05, 3.63) is 52.5 Å². The third-order valence-corrected chi connectivity index (χ3v) is 3.83. The monoisotopic (exact) mass is 253 g/mol. The topological polar surface area (TPSA) is 37.8 Å². The van der Waals surface area contributed by atoms with Crippen LogP contribution in [0.4, 0.5) is 5.82 Å². The average Bonchev–Trinajstić information content (AvgIpc) is 2.89. The second-order valence-corrected chi connectivity index (χ2v) is 5.12. The fourth-order valence-electron chi connectivity index (χ4n) is 2.75. The van der Waals surface area contributed by atoms with Gasteiger partial charge in [0.1, 0.15) is 11.6 Å². The molecule has 98 valence electrons. The minimum absolute atomic E-state index is 0.814. The molecule has 0 saturated heterocycles. The minimum atomic E-state index is 0.814. The van der Waals surface area contributed by atoms with Crippen LogP contribution >= 0.6 is 0 Å². The number of nitrogens with one attached hydrogen (secondary N) is 1. The molecule has 1 aromatic heterocycles. The molecule has 3 heteroatoms. The van der Waals surface area contributed by atoms with E-state index in [1.165, 1.54) is 28.8 Å². The number of fused-ring (bicyclic) bond motifs is 1. The first-order chi connectivity index (χ1) is 9.28. The Morgan fingerprint density at radius 1 is 1.16 bits per heavy atom. The molecule has 19 heavy (non-hydrogen) atoms. The number of hydrogen-bond acceptors (Lipinski definition) is 3. The van der Waals surface area contributed by atoms with Gasteiger partial charge in [-0.15, -0.1) is 0 Å². The summed E-state index contributed by atoms with van der Waals surface area (Å²) in [5, 5.41) is 3.22. The molecule has 0 fully saturated rings. The summed E-state index contributed by atoms with van der Waals surface area (Å²) in [6.45, 7) is 2.14. The molecule has 0 bridgehead atoms. The Morgan fingerprint density at radius 2 is 2.00 bits per heavy atom. The zero-order valence-electron chi connectivity index (χ0n) is 11.5. The highest BCUT2D eigenvalue weighted by Gasteiger charge is 2.18. The number of nitrogens with zero attached hydrogens (tertiary/aromatic N) is 2. The number of aromatic nitrogens is 2. The first-order valence-electron chi connectivity index (χ1n) is 6.89. The maximum atomic E-state index is 4.75. The van der Waals surface area contributed by atoms with E-state index >= 15 is 0 Å². The summed E-state index contributed by atoms with van der Waals surface area (Å²) >= 11 is 0. The van der Waals surface area contributed by atoms with Crippen LogP contribution in [0.25, 0.3) is 0 Å². The SMILES string of the molecule is CNc1nc(Cc2ccccc2C)nc2c1CCC2. The molecule has 3 nitrogen and oxygen atoms in total. The molecule has 0 aliphatic heterocycles. The van der Waals surface area contributed by atoms with E-state index in [-0.39, 0.29) is 0 Å². The van der Waals surface area contributed by atoms with Gasteiger partial charge in [-0.2, -0.15) is 0 Å². The highest BCUT2D eigenvalue weighted by molar-refractivity contribution is 5.48. The van der Waals surface area contributed by atoms with E-state index in [0.717, 1.165) is 30.9 Å². The summed E-state index contributed by atoms with van der Waals surface area (Å²) < 4.78 is 0. The smallest absolute Gasteiger partial charge is 0.135 e. The molecule has 2 aromatic rings. The van der Waals surface area contributed by atoms with Gasteiger partial charge in [0.05, 0.1) is 0 Å². The molecule has 1 aromatic carbocycles. The van der Waals surface area contributed by atoms with Crippen LogP contribution in [-0.4, -0.2) is 17.0 Å². The van der Waals surface area contributed by atoms with Gasteiger partial charge in [-0.05, 0) is 37.3 Å². The van der Waals surface area contributed by atoms with Crippen molar-refractivity contribution in [2.45, 2.75) is 32.6 Å². The van der Waals surface area contributed by atoms with Crippen molar-refractivity contribution >= 4 is 5.82 Å². The van der Waals surface area contributed by atoms with Crippen LogP contribution in [0, 0.1) is 6.92 Å². The van der Waals surface area contributed by atoms with Crippen LogP contribution in [0.1, 0.15) is 34.6 Å². The van der Waals surface area contributed by atoms with E-state index in [1.54, 1.807) is 0 Å². The molecule has 0 radical (unpaired) electrons. The lowest BCUT2D eigenvalue weighted by atomic mass is 10.1. The van der Waals surface area contributed by atoms with Gasteiger partial charge in [0.25, 0.3) is 0 Å². The van der Waals surface area contributed by atoms with Crippen molar-refractivity contribution in [1.82, 2.24) is 9.97 Å². The first-order valence-corrected chi connectivity index (χ1v) is 6.89. The van der Waals surface area contributed by atoms with Gasteiger partial charge in [-0.1, -0.05) is 24.3 Å². The lowest BCUT2D eigenvalue weighted by Crippen LogP contribution is -2.07. The van der Waals surface area contributed by atoms with Gasteiger partial charge < -0.3 is 5.32 Å². The Morgan fingerprint density at radius 3 is 2.79 bits per heavy atom. The molecule has 0 amide bonds.